The van der Waals surface area contributed by atoms with Gasteiger partial charge in [0.05, 0.1) is 6.21 Å². The molecule has 0 aliphatic carbocycles. The van der Waals surface area contributed by atoms with Gasteiger partial charge in [-0.3, -0.25) is 13.9 Å². The standard InChI is InChI=1S/C23H24N6O2/c1-27-20-19(21(30)28(2)23(27)31)29(15-9-14-17-10-5-3-6-11-17)22(25-20)26-24-16-18-12-7-4-8-13-18/h3-8,10-13,16H,9,14-15H2,1-2H3,(H,25,26)/b24-16-. The van der Waals surface area contributed by atoms with Gasteiger partial charge in [0.2, 0.25) is 5.95 Å². The number of aromatic nitrogens is 4. The molecule has 8 nitrogen and oxygen atoms in total. The lowest BCUT2D eigenvalue weighted by Gasteiger charge is -2.09. The number of fused-ring (bicyclic) bond motifs is 1. The van der Waals surface area contributed by atoms with Crippen molar-refractivity contribution in [2.45, 2.75) is 19.4 Å². The van der Waals surface area contributed by atoms with Crippen molar-refractivity contribution in [3.63, 3.8) is 0 Å². The highest BCUT2D eigenvalue weighted by molar-refractivity contribution is 5.80. The monoisotopic (exact) mass is 416 g/mol. The predicted molar refractivity (Wildman–Crippen MR) is 123 cm³/mol. The number of aryl methyl sites for hydroxylation is 3. The van der Waals surface area contributed by atoms with Gasteiger partial charge in [-0.15, -0.1) is 0 Å². The van der Waals surface area contributed by atoms with Crippen LogP contribution in [0.4, 0.5) is 5.95 Å². The van der Waals surface area contributed by atoms with E-state index in [2.05, 4.69) is 27.6 Å². The largest absolute Gasteiger partial charge is 0.332 e. The van der Waals surface area contributed by atoms with Crippen LogP contribution in [0.3, 0.4) is 0 Å². The maximum Gasteiger partial charge on any atom is 0.332 e. The Kier molecular flexibility index (Phi) is 5.79. The fourth-order valence-corrected chi connectivity index (χ4v) is 3.54. The van der Waals surface area contributed by atoms with Gasteiger partial charge in [0.15, 0.2) is 11.2 Å². The van der Waals surface area contributed by atoms with E-state index in [1.807, 2.05) is 53.1 Å². The molecule has 2 heterocycles. The lowest BCUT2D eigenvalue weighted by atomic mass is 10.1. The fourth-order valence-electron chi connectivity index (χ4n) is 3.54. The lowest BCUT2D eigenvalue weighted by Crippen LogP contribution is -2.37. The van der Waals surface area contributed by atoms with Gasteiger partial charge in [0, 0.05) is 20.6 Å². The van der Waals surface area contributed by atoms with Crippen molar-refractivity contribution in [2.24, 2.45) is 19.2 Å². The number of nitrogens with one attached hydrogen (secondary N) is 1. The van der Waals surface area contributed by atoms with Crippen LogP contribution in [0.5, 0.6) is 0 Å². The zero-order valence-electron chi connectivity index (χ0n) is 17.5. The first-order valence-corrected chi connectivity index (χ1v) is 10.1. The van der Waals surface area contributed by atoms with Crippen LogP contribution < -0.4 is 16.7 Å². The molecule has 158 valence electrons. The Morgan fingerprint density at radius 3 is 2.35 bits per heavy atom. The Labute approximate surface area is 179 Å². The summed E-state index contributed by atoms with van der Waals surface area (Å²) in [6.45, 7) is 0.558. The summed E-state index contributed by atoms with van der Waals surface area (Å²) in [7, 11) is 3.09. The summed E-state index contributed by atoms with van der Waals surface area (Å²) >= 11 is 0. The van der Waals surface area contributed by atoms with E-state index in [0.717, 1.165) is 23.0 Å². The maximum absolute atomic E-state index is 12.9. The summed E-state index contributed by atoms with van der Waals surface area (Å²) in [5, 5.41) is 4.28. The van der Waals surface area contributed by atoms with Crippen molar-refractivity contribution in [3.8, 4) is 0 Å². The minimum Gasteiger partial charge on any atom is -0.303 e. The summed E-state index contributed by atoms with van der Waals surface area (Å²) in [5.74, 6) is 0.425. The third-order valence-electron chi connectivity index (χ3n) is 5.22. The molecule has 0 spiro atoms. The van der Waals surface area contributed by atoms with E-state index in [0.29, 0.717) is 23.7 Å². The quantitative estimate of drug-likeness (QED) is 0.371. The second-order valence-corrected chi connectivity index (χ2v) is 7.33. The number of anilines is 1. The zero-order chi connectivity index (χ0) is 21.8. The molecule has 1 N–H and O–H groups in total. The minimum atomic E-state index is -0.411. The van der Waals surface area contributed by atoms with Crippen LogP contribution in [0.15, 0.2) is 75.4 Å². The Morgan fingerprint density at radius 1 is 0.968 bits per heavy atom. The first kappa shape index (κ1) is 20.3. The highest BCUT2D eigenvalue weighted by Crippen LogP contribution is 2.17. The van der Waals surface area contributed by atoms with Crippen LogP contribution in [0, 0.1) is 0 Å². The molecule has 0 bridgehead atoms. The average Bonchev–Trinajstić information content (AvgIpc) is 3.16. The van der Waals surface area contributed by atoms with E-state index >= 15 is 0 Å². The molecule has 2 aromatic heterocycles. The van der Waals surface area contributed by atoms with Gasteiger partial charge in [0.25, 0.3) is 5.56 Å². The van der Waals surface area contributed by atoms with Crippen LogP contribution in [-0.4, -0.2) is 24.9 Å². The number of hydrogen-bond donors (Lipinski definition) is 1. The van der Waals surface area contributed by atoms with Gasteiger partial charge < -0.3 is 4.57 Å². The number of hydrogen-bond acceptors (Lipinski definition) is 5. The summed E-state index contributed by atoms with van der Waals surface area (Å²) in [6, 6.07) is 19.9. The molecule has 0 fully saturated rings. The molecule has 8 heteroatoms. The maximum atomic E-state index is 12.9. The molecule has 0 radical (unpaired) electrons. The molecule has 0 aliphatic rings. The predicted octanol–water partition coefficient (Wildman–Crippen LogP) is 2.51. The minimum absolute atomic E-state index is 0.338. The Hall–Kier alpha value is -3.94. The number of nitrogens with zero attached hydrogens (tertiary/aromatic N) is 5. The molecule has 0 atom stereocenters. The molecule has 0 saturated heterocycles. The van der Waals surface area contributed by atoms with Gasteiger partial charge >= 0.3 is 5.69 Å². The number of imidazole rings is 1. The Bertz CT molecular complexity index is 1330. The molecule has 31 heavy (non-hydrogen) atoms. The lowest BCUT2D eigenvalue weighted by molar-refractivity contribution is 0.651. The van der Waals surface area contributed by atoms with E-state index < -0.39 is 5.69 Å². The first-order valence-electron chi connectivity index (χ1n) is 10.1. The molecular formula is C23H24N6O2. The molecule has 0 aliphatic heterocycles. The Morgan fingerprint density at radius 2 is 1.65 bits per heavy atom. The van der Waals surface area contributed by atoms with Crippen molar-refractivity contribution in [3.05, 3.63) is 92.6 Å². The van der Waals surface area contributed by atoms with Gasteiger partial charge in [0.1, 0.15) is 0 Å². The molecule has 4 aromatic rings. The summed E-state index contributed by atoms with van der Waals surface area (Å²) in [6.07, 6.45) is 3.35. The fraction of sp³-hybridized carbons (Fsp3) is 0.217. The van der Waals surface area contributed by atoms with Crippen molar-refractivity contribution < 1.29 is 0 Å². The normalized spacial score (nSPS) is 11.4. The second-order valence-electron chi connectivity index (χ2n) is 7.33. The van der Waals surface area contributed by atoms with Gasteiger partial charge in [-0.2, -0.15) is 10.1 Å². The molecule has 0 saturated carbocycles. The average molecular weight is 416 g/mol. The van der Waals surface area contributed by atoms with Gasteiger partial charge in [-0.05, 0) is 24.0 Å². The summed E-state index contributed by atoms with van der Waals surface area (Å²) < 4.78 is 4.30. The highest BCUT2D eigenvalue weighted by Gasteiger charge is 2.18. The van der Waals surface area contributed by atoms with Crippen molar-refractivity contribution in [2.75, 3.05) is 5.43 Å². The number of benzene rings is 2. The van der Waals surface area contributed by atoms with E-state index in [1.165, 1.54) is 17.2 Å². The zero-order valence-corrected chi connectivity index (χ0v) is 17.5. The van der Waals surface area contributed by atoms with Gasteiger partial charge in [-0.25, -0.2) is 10.2 Å². The van der Waals surface area contributed by atoms with Crippen LogP contribution >= 0.6 is 0 Å². The third kappa shape index (κ3) is 4.18. The Balaban J connectivity index is 1.69. The SMILES string of the molecule is Cn1c(=O)c2c(nc(N/N=C\c3ccccc3)n2CCCc2ccccc2)n(C)c1=O. The van der Waals surface area contributed by atoms with Crippen molar-refractivity contribution in [1.82, 2.24) is 18.7 Å². The molecular weight excluding hydrogens is 392 g/mol. The smallest absolute Gasteiger partial charge is 0.303 e. The van der Waals surface area contributed by atoms with Crippen LogP contribution in [0.1, 0.15) is 17.5 Å². The molecule has 4 rings (SSSR count). The van der Waals surface area contributed by atoms with Crippen molar-refractivity contribution in [1.29, 1.82) is 0 Å². The number of rotatable bonds is 7. The summed E-state index contributed by atoms with van der Waals surface area (Å²) in [4.78, 5) is 29.8. The molecule has 2 aromatic carbocycles. The van der Waals surface area contributed by atoms with Crippen molar-refractivity contribution >= 4 is 23.3 Å². The van der Waals surface area contributed by atoms with Crippen LogP contribution in [-0.2, 0) is 27.1 Å². The van der Waals surface area contributed by atoms with Gasteiger partial charge in [-0.1, -0.05) is 60.7 Å². The number of hydrazone groups is 1. The van der Waals surface area contributed by atoms with E-state index in [1.54, 1.807) is 13.3 Å². The van der Waals surface area contributed by atoms with E-state index in [9.17, 15) is 9.59 Å². The van der Waals surface area contributed by atoms with E-state index in [-0.39, 0.29) is 5.56 Å². The van der Waals surface area contributed by atoms with Crippen LogP contribution in [0.2, 0.25) is 0 Å². The second kappa shape index (κ2) is 8.83. The summed E-state index contributed by atoms with van der Waals surface area (Å²) in [5.41, 5.74) is 5.05. The van der Waals surface area contributed by atoms with E-state index in [4.69, 9.17) is 0 Å². The first-order chi connectivity index (χ1) is 15.1. The third-order valence-corrected chi connectivity index (χ3v) is 5.22. The topological polar surface area (TPSA) is 86.2 Å². The van der Waals surface area contributed by atoms with Crippen LogP contribution in [0.25, 0.3) is 11.2 Å². The highest BCUT2D eigenvalue weighted by atomic mass is 16.2. The molecule has 0 unspecified atom stereocenters. The molecule has 0 amide bonds.